The monoisotopic (exact) mass is 280 g/mol. The van der Waals surface area contributed by atoms with Crippen LogP contribution in [-0.4, -0.2) is 17.4 Å². The zero-order chi connectivity index (χ0) is 14.1. The van der Waals surface area contributed by atoms with Crippen molar-refractivity contribution in [3.8, 4) is 0 Å². The third kappa shape index (κ3) is 7.11. The predicted molar refractivity (Wildman–Crippen MR) is 85.5 cm³/mol. The van der Waals surface area contributed by atoms with Crippen LogP contribution >= 0.6 is 11.8 Å². The molecule has 1 unspecified atom stereocenters. The van der Waals surface area contributed by atoms with Crippen LogP contribution in [0.4, 0.5) is 11.4 Å². The molecular weight excluding hydrogens is 256 g/mol. The second-order valence-corrected chi connectivity index (χ2v) is 6.01. The van der Waals surface area contributed by atoms with Gasteiger partial charge in [0, 0.05) is 17.8 Å². The van der Waals surface area contributed by atoms with E-state index in [-0.39, 0.29) is 5.91 Å². The van der Waals surface area contributed by atoms with Crippen LogP contribution in [-0.2, 0) is 4.79 Å². The van der Waals surface area contributed by atoms with Crippen molar-refractivity contribution in [1.82, 2.24) is 0 Å². The average molecular weight is 280 g/mol. The predicted octanol–water partition coefficient (Wildman–Crippen LogP) is 3.77. The van der Waals surface area contributed by atoms with Crippen molar-refractivity contribution in [2.75, 3.05) is 22.6 Å². The maximum atomic E-state index is 11.7. The van der Waals surface area contributed by atoms with Crippen LogP contribution in [0.3, 0.4) is 0 Å². The third-order valence-corrected chi connectivity index (χ3v) is 4.37. The second-order valence-electron chi connectivity index (χ2n) is 4.86. The van der Waals surface area contributed by atoms with Gasteiger partial charge in [0.2, 0.25) is 5.91 Å². The van der Waals surface area contributed by atoms with Crippen LogP contribution < -0.4 is 11.1 Å². The molecule has 0 aliphatic carbocycles. The summed E-state index contributed by atoms with van der Waals surface area (Å²) in [5.41, 5.74) is 7.11. The quantitative estimate of drug-likeness (QED) is 0.563. The Morgan fingerprint density at radius 3 is 2.68 bits per heavy atom. The lowest BCUT2D eigenvalue weighted by atomic mass is 10.2. The first-order valence-electron chi connectivity index (χ1n) is 6.85. The van der Waals surface area contributed by atoms with E-state index in [4.69, 9.17) is 5.73 Å². The molecule has 1 atom stereocenters. The van der Waals surface area contributed by atoms with E-state index in [0.717, 1.165) is 23.8 Å². The van der Waals surface area contributed by atoms with Crippen molar-refractivity contribution in [3.63, 3.8) is 0 Å². The molecular formula is C15H24N2OS. The molecule has 1 amide bonds. The zero-order valence-corrected chi connectivity index (χ0v) is 12.6. The fraction of sp³-hybridized carbons (Fsp3) is 0.533. The van der Waals surface area contributed by atoms with Gasteiger partial charge in [-0.1, -0.05) is 20.3 Å². The molecule has 0 spiro atoms. The lowest BCUT2D eigenvalue weighted by molar-refractivity contribution is -0.116. The number of rotatable bonds is 8. The lowest BCUT2D eigenvalue weighted by Gasteiger charge is -2.08. The van der Waals surface area contributed by atoms with Crippen LogP contribution in [0.25, 0.3) is 0 Å². The molecule has 0 fully saturated rings. The molecule has 1 aromatic carbocycles. The Balaban J connectivity index is 2.13. The molecule has 0 radical (unpaired) electrons. The van der Waals surface area contributed by atoms with E-state index in [1.54, 1.807) is 12.1 Å². The molecule has 0 aromatic heterocycles. The summed E-state index contributed by atoms with van der Waals surface area (Å²) >= 11 is 1.94. The Bertz CT molecular complexity index is 378. The summed E-state index contributed by atoms with van der Waals surface area (Å²) in [6, 6.07) is 7.23. The van der Waals surface area contributed by atoms with Gasteiger partial charge in [-0.25, -0.2) is 0 Å². The van der Waals surface area contributed by atoms with Crippen molar-refractivity contribution in [3.05, 3.63) is 24.3 Å². The number of nitrogens with one attached hydrogen (secondary N) is 1. The number of benzene rings is 1. The largest absolute Gasteiger partial charge is 0.399 e. The normalized spacial score (nSPS) is 12.1. The zero-order valence-electron chi connectivity index (χ0n) is 11.8. The molecule has 0 saturated carbocycles. The summed E-state index contributed by atoms with van der Waals surface area (Å²) in [6.45, 7) is 4.48. The summed E-state index contributed by atoms with van der Waals surface area (Å²) in [4.78, 5) is 11.7. The number of hydrogen-bond acceptors (Lipinski definition) is 3. The van der Waals surface area contributed by atoms with Gasteiger partial charge in [0.15, 0.2) is 0 Å². The van der Waals surface area contributed by atoms with Crippen molar-refractivity contribution in [2.24, 2.45) is 5.92 Å². The molecule has 3 N–H and O–H groups in total. The van der Waals surface area contributed by atoms with Gasteiger partial charge in [-0.2, -0.15) is 11.8 Å². The highest BCUT2D eigenvalue weighted by Gasteiger charge is 2.03. The summed E-state index contributed by atoms with van der Waals surface area (Å²) in [5.74, 6) is 3.10. The van der Waals surface area contributed by atoms with Gasteiger partial charge in [-0.05, 0) is 48.1 Å². The number of thioether (sulfide) groups is 1. The summed E-state index contributed by atoms with van der Waals surface area (Å²) in [5, 5.41) is 2.88. The van der Waals surface area contributed by atoms with Crippen LogP contribution in [0.5, 0.6) is 0 Å². The van der Waals surface area contributed by atoms with Crippen molar-refractivity contribution >= 4 is 29.0 Å². The van der Waals surface area contributed by atoms with E-state index >= 15 is 0 Å². The number of nitrogens with two attached hydrogens (primary N) is 1. The first-order valence-corrected chi connectivity index (χ1v) is 8.00. The number of hydrogen-bond donors (Lipinski definition) is 2. The fourth-order valence-corrected chi connectivity index (χ4v) is 2.68. The van der Waals surface area contributed by atoms with Gasteiger partial charge in [0.25, 0.3) is 0 Å². The molecule has 0 saturated heterocycles. The number of carbonyl (C=O) groups excluding carboxylic acids is 1. The topological polar surface area (TPSA) is 55.1 Å². The molecule has 0 aliphatic heterocycles. The van der Waals surface area contributed by atoms with Gasteiger partial charge < -0.3 is 11.1 Å². The van der Waals surface area contributed by atoms with E-state index < -0.39 is 0 Å². The number of nitrogen functional groups attached to an aromatic ring is 1. The van der Waals surface area contributed by atoms with Gasteiger partial charge in [0.05, 0.1) is 0 Å². The van der Waals surface area contributed by atoms with E-state index in [1.165, 1.54) is 12.2 Å². The van der Waals surface area contributed by atoms with E-state index in [9.17, 15) is 4.79 Å². The van der Waals surface area contributed by atoms with Crippen molar-refractivity contribution in [2.45, 2.75) is 33.1 Å². The summed E-state index contributed by atoms with van der Waals surface area (Å²) in [7, 11) is 0. The van der Waals surface area contributed by atoms with Crippen molar-refractivity contribution < 1.29 is 4.79 Å². The summed E-state index contributed by atoms with van der Waals surface area (Å²) < 4.78 is 0. The molecule has 4 heteroatoms. The molecule has 19 heavy (non-hydrogen) atoms. The van der Waals surface area contributed by atoms with E-state index in [1.807, 2.05) is 23.9 Å². The maximum Gasteiger partial charge on any atom is 0.224 e. The van der Waals surface area contributed by atoms with Crippen LogP contribution in [0.1, 0.15) is 33.1 Å². The Hall–Kier alpha value is -1.16. The van der Waals surface area contributed by atoms with E-state index in [2.05, 4.69) is 19.2 Å². The highest BCUT2D eigenvalue weighted by atomic mass is 32.2. The van der Waals surface area contributed by atoms with Gasteiger partial charge in [0.1, 0.15) is 0 Å². The molecule has 0 bridgehead atoms. The van der Waals surface area contributed by atoms with Gasteiger partial charge >= 0.3 is 0 Å². The van der Waals surface area contributed by atoms with Crippen molar-refractivity contribution in [1.29, 1.82) is 0 Å². The first kappa shape index (κ1) is 15.9. The number of carbonyl (C=O) groups is 1. The maximum absolute atomic E-state index is 11.7. The standard InChI is InChI=1S/C15H24N2OS/c1-3-12(2)11-19-10-4-5-15(18)17-14-8-6-13(16)7-9-14/h6-9,12H,3-5,10-11,16H2,1-2H3,(H,17,18). The Morgan fingerprint density at radius 1 is 1.37 bits per heavy atom. The minimum Gasteiger partial charge on any atom is -0.399 e. The highest BCUT2D eigenvalue weighted by molar-refractivity contribution is 7.99. The molecule has 1 aromatic rings. The smallest absolute Gasteiger partial charge is 0.224 e. The lowest BCUT2D eigenvalue weighted by Crippen LogP contribution is -2.11. The molecule has 0 aliphatic rings. The van der Waals surface area contributed by atoms with Crippen LogP contribution in [0, 0.1) is 5.92 Å². The van der Waals surface area contributed by atoms with E-state index in [0.29, 0.717) is 12.1 Å². The Kier molecular flexibility index (Phi) is 7.41. The van der Waals surface area contributed by atoms with Gasteiger partial charge in [-0.15, -0.1) is 0 Å². The second kappa shape index (κ2) is 8.86. The minimum atomic E-state index is 0.0777. The summed E-state index contributed by atoms with van der Waals surface area (Å²) in [6.07, 6.45) is 2.74. The molecule has 0 heterocycles. The minimum absolute atomic E-state index is 0.0777. The van der Waals surface area contributed by atoms with Crippen LogP contribution in [0.2, 0.25) is 0 Å². The molecule has 106 valence electrons. The van der Waals surface area contributed by atoms with Gasteiger partial charge in [-0.3, -0.25) is 4.79 Å². The number of amides is 1. The number of anilines is 2. The molecule has 3 nitrogen and oxygen atoms in total. The van der Waals surface area contributed by atoms with Crippen LogP contribution in [0.15, 0.2) is 24.3 Å². The average Bonchev–Trinajstić information content (AvgIpc) is 2.40. The fourth-order valence-electron chi connectivity index (χ4n) is 1.53. The Labute approximate surface area is 120 Å². The highest BCUT2D eigenvalue weighted by Crippen LogP contribution is 2.14. The Morgan fingerprint density at radius 2 is 2.05 bits per heavy atom. The first-order chi connectivity index (χ1) is 9.11. The third-order valence-electron chi connectivity index (χ3n) is 2.99. The molecule has 1 rings (SSSR count). The SMILES string of the molecule is CCC(C)CSCCCC(=O)Nc1ccc(N)cc1.